The Morgan fingerprint density at radius 2 is 1.92 bits per heavy atom. The molecule has 0 saturated carbocycles. The van der Waals surface area contributed by atoms with Gasteiger partial charge in [-0.3, -0.25) is 9.59 Å². The molecule has 1 fully saturated rings. The molecule has 0 bridgehead atoms. The monoisotopic (exact) mass is 555 g/mol. The van der Waals surface area contributed by atoms with Crippen molar-refractivity contribution in [2.75, 3.05) is 12.4 Å². The fourth-order valence-electron chi connectivity index (χ4n) is 3.57. The Balaban J connectivity index is 1.42. The van der Waals surface area contributed by atoms with E-state index in [0.29, 0.717) is 22.0 Å². The summed E-state index contributed by atoms with van der Waals surface area (Å²) >= 11 is 11.9. The van der Waals surface area contributed by atoms with Gasteiger partial charge in [0.2, 0.25) is 11.8 Å². The van der Waals surface area contributed by atoms with Crippen LogP contribution in [-0.2, 0) is 26.3 Å². The molecule has 36 heavy (non-hydrogen) atoms. The number of hydrogen-bond acceptors (Lipinski definition) is 6. The Bertz CT molecular complexity index is 1420. The zero-order chi connectivity index (χ0) is 26.0. The van der Waals surface area contributed by atoms with Gasteiger partial charge in [0.15, 0.2) is 5.76 Å². The minimum atomic E-state index is -4.15. The molecule has 1 aromatic heterocycles. The molecule has 14 heteroatoms. The summed E-state index contributed by atoms with van der Waals surface area (Å²) in [7, 11) is -2.94. The summed E-state index contributed by atoms with van der Waals surface area (Å²) in [6, 6.07) is 9.74. The molecule has 2 aromatic carbocycles. The molecule has 2 heterocycles. The molecule has 1 aliphatic heterocycles. The lowest BCUT2D eigenvalue weighted by atomic mass is 10.1. The van der Waals surface area contributed by atoms with Gasteiger partial charge in [-0.2, -0.15) is 17.4 Å². The number of carbonyl (C=O) groups is 2. The minimum absolute atomic E-state index is 0.0741. The van der Waals surface area contributed by atoms with Crippen molar-refractivity contribution >= 4 is 50.9 Å². The first-order chi connectivity index (χ1) is 17.0. The van der Waals surface area contributed by atoms with Crippen LogP contribution < -0.4 is 15.4 Å². The van der Waals surface area contributed by atoms with Crippen LogP contribution in [-0.4, -0.2) is 48.8 Å². The van der Waals surface area contributed by atoms with E-state index in [4.69, 9.17) is 27.7 Å². The number of hydrogen-bond donors (Lipinski definition) is 3. The van der Waals surface area contributed by atoms with Crippen molar-refractivity contribution in [1.82, 2.24) is 19.5 Å². The second kappa shape index (κ2) is 10.5. The van der Waals surface area contributed by atoms with Crippen molar-refractivity contribution in [1.29, 1.82) is 0 Å². The number of benzene rings is 2. The molecule has 3 aromatic rings. The van der Waals surface area contributed by atoms with Crippen LogP contribution in [0.2, 0.25) is 10.0 Å². The number of nitrogens with one attached hydrogen (secondary N) is 3. The second-order valence-electron chi connectivity index (χ2n) is 7.94. The quantitative estimate of drug-likeness (QED) is 0.428. The normalized spacial score (nSPS) is 19.6. The predicted octanol–water partition coefficient (Wildman–Crippen LogP) is 2.95. The molecule has 190 valence electrons. The third-order valence-electron chi connectivity index (χ3n) is 5.52. The van der Waals surface area contributed by atoms with Gasteiger partial charge in [-0.05, 0) is 30.7 Å². The molecule has 0 spiro atoms. The van der Waals surface area contributed by atoms with Gasteiger partial charge in [0.1, 0.15) is 23.6 Å². The van der Waals surface area contributed by atoms with Crippen LogP contribution in [0.1, 0.15) is 12.2 Å². The number of halogens is 3. The third kappa shape index (κ3) is 5.68. The molecule has 2 atom stereocenters. The number of anilines is 1. The van der Waals surface area contributed by atoms with Crippen LogP contribution in [0.3, 0.4) is 0 Å². The Kier molecular flexibility index (Phi) is 7.62. The summed E-state index contributed by atoms with van der Waals surface area (Å²) in [5, 5.41) is 9.30. The van der Waals surface area contributed by atoms with Gasteiger partial charge in [-0.15, -0.1) is 0 Å². The Morgan fingerprint density at radius 1 is 1.17 bits per heavy atom. The fraction of sp³-hybridized carbons (Fsp3) is 0.227. The average molecular weight is 556 g/mol. The molecule has 10 nitrogen and oxygen atoms in total. The van der Waals surface area contributed by atoms with Crippen LogP contribution in [0.25, 0.3) is 11.3 Å². The number of amides is 2. The average Bonchev–Trinajstić information content (AvgIpc) is 3.30. The maximum Gasteiger partial charge on any atom is 0.280 e. The van der Waals surface area contributed by atoms with Gasteiger partial charge in [0, 0.05) is 24.4 Å². The van der Waals surface area contributed by atoms with E-state index >= 15 is 0 Å². The number of carbonyl (C=O) groups excluding carboxylic acids is 2. The molecule has 0 radical (unpaired) electrons. The molecule has 1 saturated heterocycles. The smallest absolute Gasteiger partial charge is 0.280 e. The van der Waals surface area contributed by atoms with Crippen molar-refractivity contribution in [3.63, 3.8) is 0 Å². The van der Waals surface area contributed by atoms with E-state index in [2.05, 4.69) is 20.5 Å². The largest absolute Gasteiger partial charge is 0.359 e. The fourth-order valence-corrected chi connectivity index (χ4v) is 5.23. The molecule has 1 aliphatic rings. The van der Waals surface area contributed by atoms with Gasteiger partial charge < -0.3 is 15.2 Å². The summed E-state index contributed by atoms with van der Waals surface area (Å²) < 4.78 is 46.9. The SMILES string of the molecule is CN1C(C(=O)Nc2ccc(F)c(Cl)c2)CC(C(=O)NCc2cc(-c3ccccc3Cl)no2)NS1(=O)=O. The van der Waals surface area contributed by atoms with E-state index in [0.717, 1.165) is 10.4 Å². The highest BCUT2D eigenvalue weighted by Crippen LogP contribution is 2.27. The number of nitrogens with zero attached hydrogens (tertiary/aromatic N) is 2. The van der Waals surface area contributed by atoms with Gasteiger partial charge in [0.25, 0.3) is 10.2 Å². The number of likely N-dealkylation sites (N-methyl/N-ethyl adjacent to an activating group) is 1. The van der Waals surface area contributed by atoms with Crippen LogP contribution >= 0.6 is 23.2 Å². The van der Waals surface area contributed by atoms with Crippen molar-refractivity contribution in [2.24, 2.45) is 0 Å². The topological polar surface area (TPSA) is 134 Å². The highest BCUT2D eigenvalue weighted by Gasteiger charge is 2.42. The zero-order valence-corrected chi connectivity index (χ0v) is 21.0. The van der Waals surface area contributed by atoms with Crippen molar-refractivity contribution < 1.29 is 26.9 Å². The van der Waals surface area contributed by atoms with Crippen molar-refractivity contribution in [3.05, 3.63) is 70.2 Å². The van der Waals surface area contributed by atoms with E-state index in [1.807, 2.05) is 0 Å². The highest BCUT2D eigenvalue weighted by molar-refractivity contribution is 7.87. The maximum atomic E-state index is 13.4. The van der Waals surface area contributed by atoms with Crippen LogP contribution in [0.4, 0.5) is 10.1 Å². The highest BCUT2D eigenvalue weighted by atomic mass is 35.5. The summed E-state index contributed by atoms with van der Waals surface area (Å²) in [4.78, 5) is 25.6. The number of rotatable bonds is 6. The van der Waals surface area contributed by atoms with Crippen LogP contribution in [0.15, 0.2) is 53.1 Å². The van der Waals surface area contributed by atoms with E-state index in [1.165, 1.54) is 19.2 Å². The molecular formula is C22H20Cl2FN5O5S. The van der Waals surface area contributed by atoms with E-state index < -0.39 is 39.9 Å². The molecule has 3 N–H and O–H groups in total. The van der Waals surface area contributed by atoms with Crippen LogP contribution in [0, 0.1) is 5.82 Å². The van der Waals surface area contributed by atoms with Crippen molar-refractivity contribution in [2.45, 2.75) is 25.0 Å². The lowest BCUT2D eigenvalue weighted by molar-refractivity contribution is -0.125. The summed E-state index contributed by atoms with van der Waals surface area (Å²) in [5.74, 6) is -1.72. The molecule has 2 amide bonds. The molecule has 2 unspecified atom stereocenters. The van der Waals surface area contributed by atoms with Crippen LogP contribution in [0.5, 0.6) is 0 Å². The van der Waals surface area contributed by atoms with Gasteiger partial charge in [0.05, 0.1) is 16.6 Å². The van der Waals surface area contributed by atoms with Gasteiger partial charge in [-0.25, -0.2) is 4.39 Å². The van der Waals surface area contributed by atoms with E-state index in [9.17, 15) is 22.4 Å². The van der Waals surface area contributed by atoms with Gasteiger partial charge in [-0.1, -0.05) is 46.6 Å². The second-order valence-corrected chi connectivity index (χ2v) is 10.5. The lowest BCUT2D eigenvalue weighted by Crippen LogP contribution is -2.62. The summed E-state index contributed by atoms with van der Waals surface area (Å²) in [6.07, 6.45) is -0.163. The Morgan fingerprint density at radius 3 is 2.64 bits per heavy atom. The summed E-state index contributed by atoms with van der Waals surface area (Å²) in [6.45, 7) is -0.0741. The zero-order valence-electron chi connectivity index (χ0n) is 18.7. The standard InChI is InChI=1S/C22H20Cl2FN5O5S/c1-30-20(22(32)27-12-6-7-17(25)16(24)8-12)10-19(29-36(30,33)34)21(31)26-11-13-9-18(28-35-13)14-4-2-3-5-15(14)23/h2-9,19-20,29H,10-11H2,1H3,(H,26,31)(H,27,32). The van der Waals surface area contributed by atoms with E-state index in [1.54, 1.807) is 30.3 Å². The number of aromatic nitrogens is 1. The minimum Gasteiger partial charge on any atom is -0.359 e. The Labute approximate surface area is 215 Å². The predicted molar refractivity (Wildman–Crippen MR) is 131 cm³/mol. The maximum absolute atomic E-state index is 13.4. The molecule has 4 rings (SSSR count). The lowest BCUT2D eigenvalue weighted by Gasteiger charge is -2.35. The first kappa shape index (κ1) is 26.0. The first-order valence-corrected chi connectivity index (χ1v) is 12.7. The first-order valence-electron chi connectivity index (χ1n) is 10.5. The Hall–Kier alpha value is -3.03. The van der Waals surface area contributed by atoms with E-state index in [-0.39, 0.29) is 23.7 Å². The van der Waals surface area contributed by atoms with Gasteiger partial charge >= 0.3 is 0 Å². The third-order valence-corrected chi connectivity index (χ3v) is 7.73. The molecule has 0 aliphatic carbocycles. The molecular weight excluding hydrogens is 536 g/mol. The summed E-state index contributed by atoms with van der Waals surface area (Å²) in [5.41, 5.74) is 1.30. The van der Waals surface area contributed by atoms with Crippen molar-refractivity contribution in [3.8, 4) is 11.3 Å².